The first-order chi connectivity index (χ1) is 22.0. The van der Waals surface area contributed by atoms with Gasteiger partial charge < -0.3 is 14.2 Å². The highest BCUT2D eigenvalue weighted by Crippen LogP contribution is 2.39. The van der Waals surface area contributed by atoms with Crippen molar-refractivity contribution in [2.45, 2.75) is 25.7 Å². The van der Waals surface area contributed by atoms with Crippen LogP contribution in [0.5, 0.6) is 11.5 Å². The number of halogens is 5. The third-order valence-electron chi connectivity index (χ3n) is 6.84. The van der Waals surface area contributed by atoms with E-state index >= 15 is 0 Å². The maximum Gasteiger partial charge on any atom is 0.434 e. The van der Waals surface area contributed by atoms with Crippen LogP contribution in [0.15, 0.2) is 81.7 Å². The van der Waals surface area contributed by atoms with Crippen molar-refractivity contribution in [3.05, 3.63) is 122 Å². The van der Waals surface area contributed by atoms with Crippen LogP contribution in [0.4, 0.5) is 13.2 Å². The summed E-state index contributed by atoms with van der Waals surface area (Å²) in [5.41, 5.74) is -1.02. The van der Waals surface area contributed by atoms with Crippen LogP contribution >= 0.6 is 45.5 Å². The predicted octanol–water partition coefficient (Wildman–Crippen LogP) is 6.06. The molecule has 46 heavy (non-hydrogen) atoms. The number of hydrogen-bond donors (Lipinski definition) is 0. The Kier molecular flexibility index (Phi) is 9.90. The molecule has 0 saturated heterocycles. The molecule has 0 amide bonds. The minimum atomic E-state index is -5.02. The van der Waals surface area contributed by atoms with Gasteiger partial charge in [0.15, 0.2) is 22.0 Å². The van der Waals surface area contributed by atoms with E-state index in [-0.39, 0.29) is 28.1 Å². The Bertz CT molecular complexity index is 2090. The number of methoxy groups -OCH3 is 1. The summed E-state index contributed by atoms with van der Waals surface area (Å²) in [5.74, 6) is -0.491. The van der Waals surface area contributed by atoms with Gasteiger partial charge in [-0.2, -0.15) is 18.4 Å². The van der Waals surface area contributed by atoms with Gasteiger partial charge in [0, 0.05) is 10.6 Å². The van der Waals surface area contributed by atoms with Gasteiger partial charge in [-0.1, -0.05) is 53.3 Å². The van der Waals surface area contributed by atoms with E-state index in [1.807, 2.05) is 22.6 Å². The van der Waals surface area contributed by atoms with Crippen molar-refractivity contribution in [3.8, 4) is 17.6 Å². The van der Waals surface area contributed by atoms with E-state index in [0.717, 1.165) is 15.9 Å². The van der Waals surface area contributed by atoms with E-state index in [1.54, 1.807) is 36.4 Å². The maximum absolute atomic E-state index is 14.4. The second kappa shape index (κ2) is 13.7. The van der Waals surface area contributed by atoms with Crippen molar-refractivity contribution in [1.29, 1.82) is 5.26 Å². The molecule has 3 aromatic carbocycles. The standard InChI is InChI=1S/C32H22ClF3IN3O5S/c1-3-44-30(42)25-26(18-8-10-21(33)11-9-18)40-29(41)24(46-31(40)39-28(25)32(34,35)36)14-17-12-22(37)27(23(13-17)43-2)45-16-20-7-5-4-6-19(20)15-38/h4-14,26H,3,16H2,1-2H3/b24-14-/t26-/m1/s1. The van der Waals surface area contributed by atoms with Crippen molar-refractivity contribution >= 4 is 57.6 Å². The molecule has 0 bridgehead atoms. The fourth-order valence-electron chi connectivity index (χ4n) is 4.82. The molecule has 236 valence electrons. The largest absolute Gasteiger partial charge is 0.493 e. The first kappa shape index (κ1) is 33.2. The predicted molar refractivity (Wildman–Crippen MR) is 173 cm³/mol. The molecular weight excluding hydrogens is 758 g/mol. The van der Waals surface area contributed by atoms with E-state index in [0.29, 0.717) is 36.8 Å². The zero-order valence-electron chi connectivity index (χ0n) is 24.0. The third kappa shape index (κ3) is 6.69. The molecular formula is C32H22ClF3IN3O5S. The van der Waals surface area contributed by atoms with Gasteiger partial charge in [0.05, 0.1) is 45.1 Å². The number of nitriles is 1. The first-order valence-electron chi connectivity index (χ1n) is 13.5. The average Bonchev–Trinajstić information content (AvgIpc) is 3.33. The smallest absolute Gasteiger partial charge is 0.434 e. The number of aromatic nitrogens is 1. The van der Waals surface area contributed by atoms with Gasteiger partial charge in [-0.3, -0.25) is 9.36 Å². The molecule has 0 spiro atoms. The lowest BCUT2D eigenvalue weighted by atomic mass is 9.95. The highest BCUT2D eigenvalue weighted by Gasteiger charge is 2.45. The number of allylic oxidation sites excluding steroid dienone is 1. The lowest BCUT2D eigenvalue weighted by Crippen LogP contribution is -2.41. The fraction of sp³-hybridized carbons (Fsp3) is 0.188. The molecule has 1 atom stereocenters. The Morgan fingerprint density at radius 3 is 2.57 bits per heavy atom. The molecule has 1 aliphatic rings. The van der Waals surface area contributed by atoms with E-state index in [1.165, 1.54) is 44.4 Å². The lowest BCUT2D eigenvalue weighted by molar-refractivity contribution is -0.140. The quantitative estimate of drug-likeness (QED) is 0.159. The van der Waals surface area contributed by atoms with E-state index in [4.69, 9.17) is 25.8 Å². The molecule has 0 saturated carbocycles. The van der Waals surface area contributed by atoms with Crippen LogP contribution in [0, 0.1) is 14.9 Å². The van der Waals surface area contributed by atoms with Crippen LogP contribution in [-0.4, -0.2) is 30.4 Å². The van der Waals surface area contributed by atoms with Gasteiger partial charge >= 0.3 is 12.1 Å². The Morgan fingerprint density at radius 1 is 1.20 bits per heavy atom. The summed E-state index contributed by atoms with van der Waals surface area (Å²) in [6.07, 6.45) is -3.52. The number of fused-ring (bicyclic) bond motifs is 1. The number of alkyl halides is 3. The topological polar surface area (TPSA) is 103 Å². The number of carbonyl (C=O) groups excluding carboxylic acids is 1. The van der Waals surface area contributed by atoms with Crippen molar-refractivity contribution in [1.82, 2.24) is 4.57 Å². The molecule has 5 rings (SSSR count). The molecule has 4 aromatic rings. The second-order valence-corrected chi connectivity index (χ2v) is 12.3. The van der Waals surface area contributed by atoms with Crippen LogP contribution in [0.1, 0.15) is 35.2 Å². The number of hydrogen-bond acceptors (Lipinski definition) is 8. The van der Waals surface area contributed by atoms with Crippen LogP contribution in [0.3, 0.4) is 0 Å². The summed E-state index contributed by atoms with van der Waals surface area (Å²) < 4.78 is 61.4. The van der Waals surface area contributed by atoms with Gasteiger partial charge in [-0.05, 0) is 77.0 Å². The molecule has 1 aromatic heterocycles. The number of rotatable bonds is 8. The minimum absolute atomic E-state index is 0.0683. The van der Waals surface area contributed by atoms with Gasteiger partial charge in [-0.25, -0.2) is 9.79 Å². The monoisotopic (exact) mass is 779 g/mol. The summed E-state index contributed by atoms with van der Waals surface area (Å²) in [5, 5.41) is 9.71. The van der Waals surface area contributed by atoms with Crippen molar-refractivity contribution in [2.75, 3.05) is 13.7 Å². The highest BCUT2D eigenvalue weighted by molar-refractivity contribution is 14.1. The zero-order valence-corrected chi connectivity index (χ0v) is 27.8. The number of carbonyl (C=O) groups is 1. The van der Waals surface area contributed by atoms with Gasteiger partial charge in [0.2, 0.25) is 0 Å². The Morgan fingerprint density at radius 2 is 1.91 bits per heavy atom. The van der Waals surface area contributed by atoms with E-state index < -0.39 is 35.0 Å². The summed E-state index contributed by atoms with van der Waals surface area (Å²) in [6, 6.07) is 16.8. The van der Waals surface area contributed by atoms with Crippen molar-refractivity contribution in [2.24, 2.45) is 4.99 Å². The molecule has 0 N–H and O–H groups in total. The number of esters is 1. The maximum atomic E-state index is 14.4. The van der Waals surface area contributed by atoms with Gasteiger partial charge in [0.25, 0.3) is 5.56 Å². The average molecular weight is 780 g/mol. The lowest BCUT2D eigenvalue weighted by Gasteiger charge is -2.26. The van der Waals surface area contributed by atoms with Gasteiger partial charge in [-0.15, -0.1) is 0 Å². The SMILES string of the molecule is CCOC(=O)C1=C(C(F)(F)F)N=c2s/c(=C\c3cc(I)c(OCc4ccccc4C#N)c(OC)c3)c(=O)n2[C@@H]1c1ccc(Cl)cc1. The number of benzene rings is 3. The normalized spacial score (nSPS) is 14.7. The molecule has 0 radical (unpaired) electrons. The molecule has 1 aliphatic heterocycles. The fourth-order valence-corrected chi connectivity index (χ4v) is 6.73. The molecule has 2 heterocycles. The van der Waals surface area contributed by atoms with E-state index in [2.05, 4.69) is 11.1 Å². The Balaban J connectivity index is 1.64. The summed E-state index contributed by atoms with van der Waals surface area (Å²) >= 11 is 8.83. The first-order valence-corrected chi connectivity index (χ1v) is 15.8. The van der Waals surface area contributed by atoms with Crippen molar-refractivity contribution < 1.29 is 32.2 Å². The van der Waals surface area contributed by atoms with Crippen molar-refractivity contribution in [3.63, 3.8) is 0 Å². The summed E-state index contributed by atoms with van der Waals surface area (Å²) in [7, 11) is 1.45. The van der Waals surface area contributed by atoms with Gasteiger partial charge in [0.1, 0.15) is 6.61 Å². The van der Waals surface area contributed by atoms with Crippen LogP contribution < -0.4 is 24.4 Å². The second-order valence-electron chi connectivity index (χ2n) is 9.71. The number of ether oxygens (including phenoxy) is 3. The van der Waals surface area contributed by atoms with Crippen LogP contribution in [-0.2, 0) is 16.1 Å². The van der Waals surface area contributed by atoms with E-state index in [9.17, 15) is 28.0 Å². The minimum Gasteiger partial charge on any atom is -0.493 e. The number of thiazole rings is 1. The molecule has 14 heteroatoms. The molecule has 0 unspecified atom stereocenters. The zero-order chi connectivity index (χ0) is 33.2. The van der Waals surface area contributed by atoms with Crippen LogP contribution in [0.2, 0.25) is 5.02 Å². The number of nitrogens with zero attached hydrogens (tertiary/aromatic N) is 3. The molecule has 8 nitrogen and oxygen atoms in total. The third-order valence-corrected chi connectivity index (χ3v) is 8.88. The highest BCUT2D eigenvalue weighted by atomic mass is 127. The van der Waals surface area contributed by atoms with Crippen LogP contribution in [0.25, 0.3) is 6.08 Å². The molecule has 0 fully saturated rings. The Labute approximate surface area is 282 Å². The summed E-state index contributed by atoms with van der Waals surface area (Å²) in [4.78, 5) is 30.4. The summed E-state index contributed by atoms with van der Waals surface area (Å²) in [6.45, 7) is 1.38. The molecule has 0 aliphatic carbocycles. The Hall–Kier alpha value is -4.13.